The summed E-state index contributed by atoms with van der Waals surface area (Å²) in [6, 6.07) is 0. The van der Waals surface area contributed by atoms with Crippen LogP contribution in [0.5, 0.6) is 0 Å². The molecule has 15 heavy (non-hydrogen) atoms. The van der Waals surface area contributed by atoms with Crippen LogP contribution in [0.25, 0.3) is 0 Å². The van der Waals surface area contributed by atoms with E-state index in [2.05, 4.69) is 48.5 Å². The molecule has 0 bridgehead atoms. The van der Waals surface area contributed by atoms with E-state index in [4.69, 9.17) is 5.73 Å². The van der Waals surface area contributed by atoms with E-state index >= 15 is 0 Å². The topological polar surface area (TPSA) is 26.0 Å². The summed E-state index contributed by atoms with van der Waals surface area (Å²) in [4.78, 5) is 0. The third-order valence-electron chi connectivity index (χ3n) is 2.89. The molecule has 0 fully saturated rings. The minimum atomic E-state index is 0.0144. The van der Waals surface area contributed by atoms with Crippen molar-refractivity contribution in [3.63, 3.8) is 0 Å². The normalized spacial score (nSPS) is 14.4. The zero-order valence-electron chi connectivity index (χ0n) is 11.9. The van der Waals surface area contributed by atoms with Crippen molar-refractivity contribution in [2.45, 2.75) is 79.7 Å². The minimum absolute atomic E-state index is 0.0144. The first-order chi connectivity index (χ1) is 6.41. The van der Waals surface area contributed by atoms with Crippen LogP contribution in [0.3, 0.4) is 0 Å². The highest BCUT2D eigenvalue weighted by Gasteiger charge is 2.24. The third kappa shape index (κ3) is 10.2. The quantitative estimate of drug-likeness (QED) is 0.738. The van der Waals surface area contributed by atoms with Crippen molar-refractivity contribution >= 4 is 0 Å². The van der Waals surface area contributed by atoms with Crippen LogP contribution >= 0.6 is 0 Å². The molecule has 0 aliphatic heterocycles. The Hall–Kier alpha value is -0.0400. The molecule has 0 atom stereocenters. The van der Waals surface area contributed by atoms with Crippen molar-refractivity contribution in [3.8, 4) is 0 Å². The fourth-order valence-corrected chi connectivity index (χ4v) is 1.45. The van der Waals surface area contributed by atoms with E-state index in [9.17, 15) is 0 Å². The van der Waals surface area contributed by atoms with Gasteiger partial charge in [0.05, 0.1) is 0 Å². The van der Waals surface area contributed by atoms with Gasteiger partial charge in [0.15, 0.2) is 0 Å². The van der Waals surface area contributed by atoms with Gasteiger partial charge in [0.2, 0.25) is 0 Å². The number of nitrogens with two attached hydrogens (primary N) is 1. The lowest BCUT2D eigenvalue weighted by atomic mass is 9.79. The molecule has 0 amide bonds. The monoisotopic (exact) mass is 213 g/mol. The second-order valence-electron chi connectivity index (χ2n) is 7.78. The van der Waals surface area contributed by atoms with Crippen molar-refractivity contribution in [3.05, 3.63) is 0 Å². The van der Waals surface area contributed by atoms with Gasteiger partial charge in [0, 0.05) is 5.54 Å². The third-order valence-corrected chi connectivity index (χ3v) is 2.89. The van der Waals surface area contributed by atoms with Crippen LogP contribution in [0.2, 0.25) is 0 Å². The van der Waals surface area contributed by atoms with E-state index in [1.54, 1.807) is 0 Å². The molecule has 0 aromatic rings. The molecule has 0 saturated heterocycles. The Morgan fingerprint density at radius 3 is 1.07 bits per heavy atom. The Morgan fingerprint density at radius 1 is 0.600 bits per heavy atom. The molecule has 92 valence electrons. The van der Waals surface area contributed by atoms with Crippen LogP contribution in [0.4, 0.5) is 0 Å². The lowest BCUT2D eigenvalue weighted by Crippen LogP contribution is -2.38. The molecule has 0 aromatic heterocycles. The standard InChI is InChI=1S/C14H31N/c1-12(2,3)8-10-14(7,15)11-9-13(4,5)6/h8-11,15H2,1-7H3. The molecule has 0 saturated carbocycles. The first kappa shape index (κ1) is 15.0. The van der Waals surface area contributed by atoms with Gasteiger partial charge in [-0.15, -0.1) is 0 Å². The van der Waals surface area contributed by atoms with E-state index < -0.39 is 0 Å². The molecule has 0 aromatic carbocycles. The highest BCUT2D eigenvalue weighted by Crippen LogP contribution is 2.30. The van der Waals surface area contributed by atoms with Crippen molar-refractivity contribution in [1.82, 2.24) is 0 Å². The summed E-state index contributed by atoms with van der Waals surface area (Å²) >= 11 is 0. The van der Waals surface area contributed by atoms with Crippen molar-refractivity contribution in [2.75, 3.05) is 0 Å². The maximum absolute atomic E-state index is 6.33. The van der Waals surface area contributed by atoms with E-state index in [-0.39, 0.29) is 5.54 Å². The van der Waals surface area contributed by atoms with Gasteiger partial charge < -0.3 is 5.73 Å². The minimum Gasteiger partial charge on any atom is -0.325 e. The van der Waals surface area contributed by atoms with Crippen molar-refractivity contribution in [1.29, 1.82) is 0 Å². The zero-order chi connectivity index (χ0) is 12.3. The molecular weight excluding hydrogens is 182 g/mol. The maximum Gasteiger partial charge on any atom is 0.0126 e. The Kier molecular flexibility index (Phi) is 4.85. The summed E-state index contributed by atoms with van der Waals surface area (Å²) in [6.07, 6.45) is 4.69. The van der Waals surface area contributed by atoms with Crippen molar-refractivity contribution < 1.29 is 0 Å². The molecule has 0 unspecified atom stereocenters. The second-order valence-corrected chi connectivity index (χ2v) is 7.78. The molecular formula is C14H31N. The van der Waals surface area contributed by atoms with Gasteiger partial charge in [-0.3, -0.25) is 0 Å². The van der Waals surface area contributed by atoms with Crippen LogP contribution in [-0.4, -0.2) is 5.54 Å². The lowest BCUT2D eigenvalue weighted by molar-refractivity contribution is 0.257. The molecule has 0 aliphatic rings. The highest BCUT2D eigenvalue weighted by atomic mass is 14.7. The summed E-state index contributed by atoms with van der Waals surface area (Å²) in [5.74, 6) is 0. The van der Waals surface area contributed by atoms with Crippen LogP contribution in [-0.2, 0) is 0 Å². The summed E-state index contributed by atoms with van der Waals surface area (Å²) in [5, 5.41) is 0. The van der Waals surface area contributed by atoms with Crippen molar-refractivity contribution in [2.24, 2.45) is 16.6 Å². The molecule has 2 N–H and O–H groups in total. The molecule has 0 rings (SSSR count). The van der Waals surface area contributed by atoms with Gasteiger partial charge in [0.25, 0.3) is 0 Å². The predicted octanol–water partition coefficient (Wildman–Crippen LogP) is 4.36. The molecule has 1 nitrogen and oxygen atoms in total. The van der Waals surface area contributed by atoms with Gasteiger partial charge >= 0.3 is 0 Å². The van der Waals surface area contributed by atoms with E-state index in [0.717, 1.165) is 12.8 Å². The molecule has 1 heteroatoms. The Balaban J connectivity index is 3.98. The summed E-state index contributed by atoms with van der Waals surface area (Å²) in [5.41, 5.74) is 7.16. The van der Waals surface area contributed by atoms with E-state index in [1.165, 1.54) is 12.8 Å². The molecule has 0 heterocycles. The number of hydrogen-bond donors (Lipinski definition) is 1. The Labute approximate surface area is 96.8 Å². The van der Waals surface area contributed by atoms with Crippen LogP contribution in [0.1, 0.15) is 74.1 Å². The van der Waals surface area contributed by atoms with Gasteiger partial charge in [0.1, 0.15) is 0 Å². The smallest absolute Gasteiger partial charge is 0.0126 e. The van der Waals surface area contributed by atoms with Gasteiger partial charge in [-0.25, -0.2) is 0 Å². The summed E-state index contributed by atoms with van der Waals surface area (Å²) in [6.45, 7) is 15.9. The average molecular weight is 213 g/mol. The Bertz CT molecular complexity index is 158. The fourth-order valence-electron chi connectivity index (χ4n) is 1.45. The Morgan fingerprint density at radius 2 is 0.867 bits per heavy atom. The maximum atomic E-state index is 6.33. The van der Waals surface area contributed by atoms with E-state index in [0.29, 0.717) is 10.8 Å². The van der Waals surface area contributed by atoms with Crippen LogP contribution in [0, 0.1) is 10.8 Å². The molecule has 0 aliphatic carbocycles. The van der Waals surface area contributed by atoms with Gasteiger partial charge in [-0.05, 0) is 43.4 Å². The lowest BCUT2D eigenvalue weighted by Gasteiger charge is -2.31. The van der Waals surface area contributed by atoms with Gasteiger partial charge in [-0.1, -0.05) is 41.5 Å². The first-order valence-electron chi connectivity index (χ1n) is 6.20. The molecule has 0 radical (unpaired) electrons. The van der Waals surface area contributed by atoms with Crippen LogP contribution in [0.15, 0.2) is 0 Å². The summed E-state index contributed by atoms with van der Waals surface area (Å²) in [7, 11) is 0. The van der Waals surface area contributed by atoms with Crippen LogP contribution < -0.4 is 5.73 Å². The number of rotatable bonds is 4. The predicted molar refractivity (Wildman–Crippen MR) is 70.0 cm³/mol. The summed E-state index contributed by atoms with van der Waals surface area (Å²) < 4.78 is 0. The number of hydrogen-bond acceptors (Lipinski definition) is 1. The second kappa shape index (κ2) is 4.86. The molecule has 0 spiro atoms. The average Bonchev–Trinajstić information content (AvgIpc) is 1.96. The highest BCUT2D eigenvalue weighted by molar-refractivity contribution is 4.82. The van der Waals surface area contributed by atoms with Gasteiger partial charge in [-0.2, -0.15) is 0 Å². The van der Waals surface area contributed by atoms with E-state index in [1.807, 2.05) is 0 Å². The zero-order valence-corrected chi connectivity index (χ0v) is 11.9. The fraction of sp³-hybridized carbons (Fsp3) is 1.00. The first-order valence-corrected chi connectivity index (χ1v) is 6.20. The SMILES string of the molecule is CC(C)(C)CCC(C)(N)CCC(C)(C)C. The largest absolute Gasteiger partial charge is 0.325 e.